The third-order valence-electron chi connectivity index (χ3n) is 2.83. The van der Waals surface area contributed by atoms with Crippen LogP contribution < -0.4 is 10.1 Å². The predicted octanol–water partition coefficient (Wildman–Crippen LogP) is 4.43. The number of benzene rings is 1. The quantitative estimate of drug-likeness (QED) is 0.751. The van der Waals surface area contributed by atoms with Gasteiger partial charge in [0, 0.05) is 18.3 Å². The van der Waals surface area contributed by atoms with Gasteiger partial charge in [0.05, 0.1) is 6.61 Å². The Kier molecular flexibility index (Phi) is 6.87. The predicted molar refractivity (Wildman–Crippen MR) is 81.9 cm³/mol. The van der Waals surface area contributed by atoms with Crippen LogP contribution in [0.5, 0.6) is 5.75 Å². The molecule has 1 aromatic rings. The minimum Gasteiger partial charge on any atom is -0.492 e. The summed E-state index contributed by atoms with van der Waals surface area (Å²) in [5.41, 5.74) is -1.14. The van der Waals surface area contributed by atoms with Crippen LogP contribution in [0.15, 0.2) is 12.1 Å². The van der Waals surface area contributed by atoms with Crippen molar-refractivity contribution in [1.82, 2.24) is 5.32 Å². The average Bonchev–Trinajstić information content (AvgIpc) is 2.33. The lowest BCUT2D eigenvalue weighted by atomic mass is 10.1. The molecule has 1 rings (SSSR count). The van der Waals surface area contributed by atoms with Crippen LogP contribution in [0.25, 0.3) is 0 Å². The minimum atomic E-state index is -4.19. The van der Waals surface area contributed by atoms with Gasteiger partial charge in [-0.1, -0.05) is 26.0 Å². The Morgan fingerprint density at radius 1 is 1.19 bits per heavy atom. The molecule has 120 valence electrons. The molecule has 1 N–H and O–H groups in total. The van der Waals surface area contributed by atoms with E-state index >= 15 is 0 Å². The number of hydrogen-bond donors (Lipinski definition) is 1. The third kappa shape index (κ3) is 7.09. The molecule has 21 heavy (non-hydrogen) atoms. The maximum atomic E-state index is 12.0. The fourth-order valence-corrected chi connectivity index (χ4v) is 2.39. The smallest absolute Gasteiger partial charge is 0.441 e. The largest absolute Gasteiger partial charge is 0.492 e. The van der Waals surface area contributed by atoms with Crippen LogP contribution in [-0.4, -0.2) is 23.9 Å². The molecular weight excluding hydrogens is 299 g/mol. The monoisotopic (exact) mass is 321 g/mol. The summed E-state index contributed by atoms with van der Waals surface area (Å²) in [6.45, 7) is 8.81. The second-order valence-corrected chi connectivity index (χ2v) is 6.40. The summed E-state index contributed by atoms with van der Waals surface area (Å²) in [6.07, 6.45) is 0. The van der Waals surface area contributed by atoms with Crippen LogP contribution in [-0.2, 0) is 6.54 Å². The highest BCUT2D eigenvalue weighted by atomic mass is 32.2. The molecule has 0 aromatic heterocycles. The fraction of sp³-hybridized carbons (Fsp3) is 0.600. The lowest BCUT2D eigenvalue weighted by Gasteiger charge is -2.15. The fourth-order valence-electron chi connectivity index (χ4n) is 1.99. The Labute approximate surface area is 128 Å². The Balaban J connectivity index is 2.59. The first-order chi connectivity index (χ1) is 9.69. The number of aryl methyl sites for hydroxylation is 2. The van der Waals surface area contributed by atoms with Crippen molar-refractivity contribution in [1.29, 1.82) is 0 Å². The maximum Gasteiger partial charge on any atom is 0.441 e. The van der Waals surface area contributed by atoms with Crippen molar-refractivity contribution in [3.8, 4) is 5.75 Å². The summed E-state index contributed by atoms with van der Waals surface area (Å²) >= 11 is -0.0560. The molecule has 6 heteroatoms. The van der Waals surface area contributed by atoms with Crippen LogP contribution in [0.2, 0.25) is 0 Å². The van der Waals surface area contributed by atoms with E-state index in [0.29, 0.717) is 11.8 Å². The maximum absolute atomic E-state index is 12.0. The van der Waals surface area contributed by atoms with Gasteiger partial charge in [-0.05, 0) is 42.3 Å². The second kappa shape index (κ2) is 7.94. The van der Waals surface area contributed by atoms with Gasteiger partial charge in [-0.25, -0.2) is 0 Å². The molecule has 2 nitrogen and oxygen atoms in total. The van der Waals surface area contributed by atoms with E-state index in [-0.39, 0.29) is 24.1 Å². The number of alkyl halides is 3. The van der Waals surface area contributed by atoms with Crippen LogP contribution in [0.1, 0.15) is 30.5 Å². The molecule has 1 aromatic carbocycles. The molecule has 0 atom stereocenters. The summed E-state index contributed by atoms with van der Waals surface area (Å²) in [5, 5.41) is 3.34. The molecule has 0 saturated carbocycles. The Morgan fingerprint density at radius 3 is 2.24 bits per heavy atom. The first-order valence-corrected chi connectivity index (χ1v) is 7.84. The molecule has 0 radical (unpaired) electrons. The Morgan fingerprint density at radius 2 is 1.76 bits per heavy atom. The molecule has 0 fully saturated rings. The Hall–Kier alpha value is -0.880. The lowest BCUT2D eigenvalue weighted by Crippen LogP contribution is -2.22. The topological polar surface area (TPSA) is 21.3 Å². The van der Waals surface area contributed by atoms with Gasteiger partial charge in [-0.3, -0.25) is 0 Å². The van der Waals surface area contributed by atoms with E-state index in [2.05, 4.69) is 19.2 Å². The molecule has 0 aliphatic heterocycles. The van der Waals surface area contributed by atoms with Gasteiger partial charge in [0.1, 0.15) is 5.75 Å². The molecule has 0 amide bonds. The zero-order chi connectivity index (χ0) is 16.0. The van der Waals surface area contributed by atoms with Crippen LogP contribution >= 0.6 is 11.8 Å². The summed E-state index contributed by atoms with van der Waals surface area (Å²) in [4.78, 5) is 0. The van der Waals surface area contributed by atoms with E-state index in [1.165, 1.54) is 0 Å². The van der Waals surface area contributed by atoms with Gasteiger partial charge in [0.2, 0.25) is 0 Å². The van der Waals surface area contributed by atoms with Crippen molar-refractivity contribution in [3.05, 3.63) is 28.8 Å². The first-order valence-electron chi connectivity index (χ1n) is 6.86. The van der Waals surface area contributed by atoms with Crippen molar-refractivity contribution in [2.24, 2.45) is 0 Å². The number of nitrogens with one attached hydrogen (secondary N) is 1. The number of hydrogen-bond acceptors (Lipinski definition) is 3. The zero-order valence-electron chi connectivity index (χ0n) is 12.8. The highest BCUT2D eigenvalue weighted by Crippen LogP contribution is 2.30. The third-order valence-corrected chi connectivity index (χ3v) is 3.53. The van der Waals surface area contributed by atoms with Gasteiger partial charge in [-0.2, -0.15) is 13.2 Å². The number of thioether (sulfide) groups is 1. The zero-order valence-corrected chi connectivity index (χ0v) is 13.6. The molecular formula is C15H22F3NOS. The van der Waals surface area contributed by atoms with E-state index in [1.807, 2.05) is 26.0 Å². The van der Waals surface area contributed by atoms with E-state index in [4.69, 9.17) is 4.74 Å². The molecule has 0 unspecified atom stereocenters. The molecule has 0 spiro atoms. The number of halogens is 3. The minimum absolute atomic E-state index is 0.0510. The number of ether oxygens (including phenoxy) is 1. The Bertz CT molecular complexity index is 438. The standard InChI is InChI=1S/C15H22F3NOS/c1-10(2)19-9-13-7-11(3)14(12(4)8-13)20-5-6-21-15(16,17)18/h7-8,10,19H,5-6,9H2,1-4H3. The summed E-state index contributed by atoms with van der Waals surface area (Å²) in [7, 11) is 0. The van der Waals surface area contributed by atoms with Crippen LogP contribution in [0, 0.1) is 13.8 Å². The van der Waals surface area contributed by atoms with Gasteiger partial charge >= 0.3 is 5.51 Å². The number of rotatable bonds is 7. The van der Waals surface area contributed by atoms with E-state index in [0.717, 1.165) is 23.2 Å². The lowest BCUT2D eigenvalue weighted by molar-refractivity contribution is -0.0329. The highest BCUT2D eigenvalue weighted by molar-refractivity contribution is 8.00. The normalized spacial score (nSPS) is 12.0. The van der Waals surface area contributed by atoms with Crippen molar-refractivity contribution >= 4 is 11.8 Å². The molecule has 0 bridgehead atoms. The van der Waals surface area contributed by atoms with Crippen molar-refractivity contribution in [3.63, 3.8) is 0 Å². The van der Waals surface area contributed by atoms with Gasteiger partial charge in [0.15, 0.2) is 0 Å². The van der Waals surface area contributed by atoms with Crippen molar-refractivity contribution < 1.29 is 17.9 Å². The summed E-state index contributed by atoms with van der Waals surface area (Å²) in [6, 6.07) is 4.42. The van der Waals surface area contributed by atoms with E-state index in [1.54, 1.807) is 0 Å². The van der Waals surface area contributed by atoms with E-state index < -0.39 is 5.51 Å². The average molecular weight is 321 g/mol. The van der Waals surface area contributed by atoms with Crippen molar-refractivity contribution in [2.75, 3.05) is 12.4 Å². The van der Waals surface area contributed by atoms with Gasteiger partial charge in [0.25, 0.3) is 0 Å². The van der Waals surface area contributed by atoms with E-state index in [9.17, 15) is 13.2 Å². The first kappa shape index (κ1) is 18.2. The molecule has 0 aliphatic rings. The summed E-state index contributed by atoms with van der Waals surface area (Å²) in [5.74, 6) is 0.588. The van der Waals surface area contributed by atoms with Crippen LogP contribution in [0.4, 0.5) is 13.2 Å². The van der Waals surface area contributed by atoms with Crippen molar-refractivity contribution in [2.45, 2.75) is 45.8 Å². The second-order valence-electron chi connectivity index (χ2n) is 5.24. The van der Waals surface area contributed by atoms with Crippen LogP contribution in [0.3, 0.4) is 0 Å². The molecule has 0 aliphatic carbocycles. The molecule has 0 heterocycles. The molecule has 0 saturated heterocycles. The van der Waals surface area contributed by atoms with Gasteiger partial charge in [-0.15, -0.1) is 0 Å². The SMILES string of the molecule is Cc1cc(CNC(C)C)cc(C)c1OCCSC(F)(F)F. The summed E-state index contributed by atoms with van der Waals surface area (Å²) < 4.78 is 41.6. The highest BCUT2D eigenvalue weighted by Gasteiger charge is 2.27. The van der Waals surface area contributed by atoms with Gasteiger partial charge < -0.3 is 10.1 Å².